The Balaban J connectivity index is 2.59. The standard InChI is InChI=1S/C12H19N3O2/c1-8(2)4-3-6-14-11-10(13)9(12(16)17)5-7-15-11/h5,7-8H,3-4,6,13H2,1-2H3,(H,14,15)(H,16,17). The molecule has 0 fully saturated rings. The largest absolute Gasteiger partial charge is 0.478 e. The molecule has 0 spiro atoms. The number of carbonyl (C=O) groups is 1. The molecule has 1 aromatic heterocycles. The van der Waals surface area contributed by atoms with Crippen molar-refractivity contribution in [1.29, 1.82) is 0 Å². The summed E-state index contributed by atoms with van der Waals surface area (Å²) in [5.41, 5.74) is 6.01. The second-order valence-electron chi connectivity index (χ2n) is 4.39. The molecule has 0 aliphatic rings. The van der Waals surface area contributed by atoms with Crippen LogP contribution in [0.25, 0.3) is 0 Å². The monoisotopic (exact) mass is 237 g/mol. The SMILES string of the molecule is CC(C)CCCNc1nccc(C(=O)O)c1N. The Morgan fingerprint density at radius 3 is 2.88 bits per heavy atom. The van der Waals surface area contributed by atoms with E-state index in [1.807, 2.05) is 0 Å². The number of hydrogen-bond donors (Lipinski definition) is 3. The Kier molecular flexibility index (Phi) is 4.75. The minimum absolute atomic E-state index is 0.0892. The summed E-state index contributed by atoms with van der Waals surface area (Å²) in [5.74, 6) is 0.0799. The summed E-state index contributed by atoms with van der Waals surface area (Å²) in [6.07, 6.45) is 3.58. The van der Waals surface area contributed by atoms with Crippen LogP contribution < -0.4 is 11.1 Å². The molecule has 5 nitrogen and oxygen atoms in total. The maximum Gasteiger partial charge on any atom is 0.337 e. The van der Waals surface area contributed by atoms with Crippen LogP contribution in [0.3, 0.4) is 0 Å². The van der Waals surface area contributed by atoms with Crippen molar-refractivity contribution in [3.8, 4) is 0 Å². The minimum Gasteiger partial charge on any atom is -0.478 e. The number of anilines is 2. The molecule has 0 unspecified atom stereocenters. The Labute approximate surface area is 101 Å². The van der Waals surface area contributed by atoms with E-state index in [1.165, 1.54) is 12.3 Å². The molecule has 5 heteroatoms. The highest BCUT2D eigenvalue weighted by molar-refractivity contribution is 5.96. The smallest absolute Gasteiger partial charge is 0.337 e. The number of nitrogens with two attached hydrogens (primary N) is 1. The third-order valence-electron chi connectivity index (χ3n) is 2.47. The van der Waals surface area contributed by atoms with Crippen molar-refractivity contribution in [1.82, 2.24) is 4.98 Å². The molecule has 1 rings (SSSR count). The zero-order chi connectivity index (χ0) is 12.8. The van der Waals surface area contributed by atoms with Gasteiger partial charge in [-0.3, -0.25) is 0 Å². The number of rotatable bonds is 6. The van der Waals surface area contributed by atoms with Crippen LogP contribution in [0.15, 0.2) is 12.3 Å². The molecule has 17 heavy (non-hydrogen) atoms. The molecular formula is C12H19N3O2. The quantitative estimate of drug-likeness (QED) is 0.660. The number of pyridine rings is 1. The molecule has 0 aliphatic carbocycles. The van der Waals surface area contributed by atoms with Crippen LogP contribution in [-0.2, 0) is 0 Å². The van der Waals surface area contributed by atoms with Crippen LogP contribution in [0.5, 0.6) is 0 Å². The van der Waals surface area contributed by atoms with Gasteiger partial charge in [0.25, 0.3) is 0 Å². The molecule has 4 N–H and O–H groups in total. The van der Waals surface area contributed by atoms with Gasteiger partial charge in [-0.1, -0.05) is 13.8 Å². The summed E-state index contributed by atoms with van der Waals surface area (Å²) in [5, 5.41) is 12.0. The average molecular weight is 237 g/mol. The van der Waals surface area contributed by atoms with Crippen LogP contribution in [0.1, 0.15) is 37.0 Å². The topological polar surface area (TPSA) is 88.2 Å². The van der Waals surface area contributed by atoms with Gasteiger partial charge < -0.3 is 16.2 Å². The summed E-state index contributed by atoms with van der Waals surface area (Å²) in [7, 11) is 0. The molecule has 1 aromatic rings. The molecule has 0 radical (unpaired) electrons. The molecule has 0 aromatic carbocycles. The van der Waals surface area contributed by atoms with Crippen LogP contribution in [-0.4, -0.2) is 22.6 Å². The Morgan fingerprint density at radius 1 is 1.59 bits per heavy atom. The lowest BCUT2D eigenvalue weighted by molar-refractivity contribution is 0.0698. The lowest BCUT2D eigenvalue weighted by Crippen LogP contribution is -2.10. The number of nitrogen functional groups attached to an aromatic ring is 1. The van der Waals surface area contributed by atoms with Crippen molar-refractivity contribution >= 4 is 17.5 Å². The van der Waals surface area contributed by atoms with Crippen molar-refractivity contribution in [2.24, 2.45) is 5.92 Å². The number of carboxylic acid groups (broad SMARTS) is 1. The Bertz CT molecular complexity index is 391. The number of aromatic nitrogens is 1. The summed E-state index contributed by atoms with van der Waals surface area (Å²) in [4.78, 5) is 14.9. The summed E-state index contributed by atoms with van der Waals surface area (Å²) < 4.78 is 0. The predicted molar refractivity (Wildman–Crippen MR) is 68.2 cm³/mol. The Hall–Kier alpha value is -1.78. The van der Waals surface area contributed by atoms with Crippen molar-refractivity contribution in [3.63, 3.8) is 0 Å². The summed E-state index contributed by atoms with van der Waals surface area (Å²) in [6.45, 7) is 5.08. The molecule has 0 amide bonds. The fraction of sp³-hybridized carbons (Fsp3) is 0.500. The van der Waals surface area contributed by atoms with E-state index in [0.717, 1.165) is 19.4 Å². The van der Waals surface area contributed by atoms with Crippen LogP contribution in [0.2, 0.25) is 0 Å². The molecule has 0 bridgehead atoms. The van der Waals surface area contributed by atoms with Crippen LogP contribution in [0.4, 0.5) is 11.5 Å². The molecular weight excluding hydrogens is 218 g/mol. The normalized spacial score (nSPS) is 10.5. The van der Waals surface area contributed by atoms with Crippen molar-refractivity contribution in [3.05, 3.63) is 17.8 Å². The highest BCUT2D eigenvalue weighted by atomic mass is 16.4. The first-order chi connectivity index (χ1) is 8.02. The fourth-order valence-corrected chi connectivity index (χ4v) is 1.52. The molecule has 0 saturated carbocycles. The maximum atomic E-state index is 10.9. The van der Waals surface area contributed by atoms with Crippen LogP contribution in [0, 0.1) is 5.92 Å². The molecule has 1 heterocycles. The zero-order valence-electron chi connectivity index (χ0n) is 10.2. The van der Waals surface area contributed by atoms with Gasteiger partial charge in [0.15, 0.2) is 0 Å². The van der Waals surface area contributed by atoms with Crippen molar-refractivity contribution < 1.29 is 9.90 Å². The number of carboxylic acids is 1. The van der Waals surface area contributed by atoms with Gasteiger partial charge in [0, 0.05) is 12.7 Å². The first-order valence-electron chi connectivity index (χ1n) is 5.74. The van der Waals surface area contributed by atoms with E-state index in [1.54, 1.807) is 0 Å². The lowest BCUT2D eigenvalue weighted by Gasteiger charge is -2.10. The van der Waals surface area contributed by atoms with Crippen molar-refractivity contribution in [2.75, 3.05) is 17.6 Å². The van der Waals surface area contributed by atoms with Gasteiger partial charge in [-0.05, 0) is 24.8 Å². The number of hydrogen-bond acceptors (Lipinski definition) is 4. The average Bonchev–Trinajstić information content (AvgIpc) is 2.25. The second kappa shape index (κ2) is 6.08. The van der Waals surface area contributed by atoms with E-state index in [2.05, 4.69) is 24.1 Å². The number of nitrogens with zero attached hydrogens (tertiary/aromatic N) is 1. The van der Waals surface area contributed by atoms with E-state index in [9.17, 15) is 4.79 Å². The van der Waals surface area contributed by atoms with Gasteiger partial charge in [0.05, 0.1) is 11.3 Å². The van der Waals surface area contributed by atoms with E-state index < -0.39 is 5.97 Å². The summed E-state index contributed by atoms with van der Waals surface area (Å²) in [6, 6.07) is 1.40. The highest BCUT2D eigenvalue weighted by Crippen LogP contribution is 2.19. The Morgan fingerprint density at radius 2 is 2.29 bits per heavy atom. The van der Waals surface area contributed by atoms with Gasteiger partial charge in [0.1, 0.15) is 5.82 Å². The van der Waals surface area contributed by atoms with E-state index in [4.69, 9.17) is 10.8 Å². The number of aromatic carboxylic acids is 1. The molecule has 94 valence electrons. The number of nitrogens with one attached hydrogen (secondary N) is 1. The highest BCUT2D eigenvalue weighted by Gasteiger charge is 2.11. The zero-order valence-corrected chi connectivity index (χ0v) is 10.2. The van der Waals surface area contributed by atoms with E-state index in [-0.39, 0.29) is 11.3 Å². The van der Waals surface area contributed by atoms with Gasteiger partial charge in [-0.2, -0.15) is 0 Å². The van der Waals surface area contributed by atoms with Gasteiger partial charge in [0.2, 0.25) is 0 Å². The third-order valence-corrected chi connectivity index (χ3v) is 2.47. The molecule has 0 saturated heterocycles. The molecule has 0 aliphatic heterocycles. The minimum atomic E-state index is -1.03. The first-order valence-corrected chi connectivity index (χ1v) is 5.74. The van der Waals surface area contributed by atoms with Gasteiger partial charge in [-0.25, -0.2) is 9.78 Å². The van der Waals surface area contributed by atoms with E-state index in [0.29, 0.717) is 11.7 Å². The first kappa shape index (κ1) is 13.3. The van der Waals surface area contributed by atoms with Crippen LogP contribution >= 0.6 is 0 Å². The van der Waals surface area contributed by atoms with Crippen molar-refractivity contribution in [2.45, 2.75) is 26.7 Å². The third kappa shape index (κ3) is 3.94. The van der Waals surface area contributed by atoms with Gasteiger partial charge in [-0.15, -0.1) is 0 Å². The maximum absolute atomic E-state index is 10.9. The predicted octanol–water partition coefficient (Wildman–Crippen LogP) is 2.21. The summed E-state index contributed by atoms with van der Waals surface area (Å²) >= 11 is 0. The van der Waals surface area contributed by atoms with E-state index >= 15 is 0 Å². The molecule has 0 atom stereocenters. The second-order valence-corrected chi connectivity index (χ2v) is 4.39. The fourth-order valence-electron chi connectivity index (χ4n) is 1.52. The van der Waals surface area contributed by atoms with Gasteiger partial charge >= 0.3 is 5.97 Å². The lowest BCUT2D eigenvalue weighted by atomic mass is 10.1.